The molecule has 108 valence electrons. The summed E-state index contributed by atoms with van der Waals surface area (Å²) in [5.41, 5.74) is 1.11. The first-order valence-electron chi connectivity index (χ1n) is 6.14. The highest BCUT2D eigenvalue weighted by atomic mass is 127. The van der Waals surface area contributed by atoms with Crippen LogP contribution in [0.2, 0.25) is 5.02 Å². The van der Waals surface area contributed by atoms with Gasteiger partial charge in [0.05, 0.1) is 6.54 Å². The molecule has 0 saturated heterocycles. The maximum atomic E-state index is 11.8. The highest BCUT2D eigenvalue weighted by Crippen LogP contribution is 2.11. The molecular formula is C15H12ClIN2O2. The smallest absolute Gasteiger partial charge is 0.251 e. The minimum absolute atomic E-state index is 0.0999. The average Bonchev–Trinajstić information content (AvgIpc) is 2.47. The van der Waals surface area contributed by atoms with Gasteiger partial charge in [-0.25, -0.2) is 0 Å². The van der Waals surface area contributed by atoms with Gasteiger partial charge >= 0.3 is 0 Å². The summed E-state index contributed by atoms with van der Waals surface area (Å²) in [4.78, 5) is 23.6. The van der Waals surface area contributed by atoms with Crippen LogP contribution in [0.25, 0.3) is 0 Å². The van der Waals surface area contributed by atoms with Crippen molar-refractivity contribution in [2.75, 3.05) is 11.9 Å². The fraction of sp³-hybridized carbons (Fsp3) is 0.0667. The molecule has 0 unspecified atom stereocenters. The number of halogens is 2. The van der Waals surface area contributed by atoms with Gasteiger partial charge in [0.1, 0.15) is 0 Å². The Labute approximate surface area is 141 Å². The molecule has 0 fully saturated rings. The Bertz CT molecular complexity index is 659. The Kier molecular flexibility index (Phi) is 5.58. The molecule has 2 aromatic carbocycles. The highest BCUT2D eigenvalue weighted by Gasteiger charge is 2.08. The van der Waals surface area contributed by atoms with Crippen LogP contribution in [0.15, 0.2) is 48.5 Å². The van der Waals surface area contributed by atoms with Crippen LogP contribution in [0, 0.1) is 3.57 Å². The minimum atomic E-state index is -0.338. The van der Waals surface area contributed by atoms with Gasteiger partial charge in [-0.2, -0.15) is 0 Å². The van der Waals surface area contributed by atoms with E-state index in [4.69, 9.17) is 11.6 Å². The molecule has 4 nitrogen and oxygen atoms in total. The number of benzene rings is 2. The lowest BCUT2D eigenvalue weighted by atomic mass is 10.2. The molecule has 0 saturated carbocycles. The summed E-state index contributed by atoms with van der Waals surface area (Å²) in [7, 11) is 0. The molecule has 0 aliphatic heterocycles. The van der Waals surface area contributed by atoms with Crippen LogP contribution >= 0.6 is 34.2 Å². The molecule has 2 aromatic rings. The van der Waals surface area contributed by atoms with E-state index in [2.05, 4.69) is 33.2 Å². The Morgan fingerprint density at radius 3 is 2.48 bits per heavy atom. The molecule has 0 radical (unpaired) electrons. The number of amides is 2. The quantitative estimate of drug-likeness (QED) is 0.754. The third-order valence-corrected chi connectivity index (χ3v) is 3.58. The van der Waals surface area contributed by atoms with Crippen LogP contribution in [0.3, 0.4) is 0 Å². The summed E-state index contributed by atoms with van der Waals surface area (Å²) in [5.74, 6) is -0.623. The third-order valence-electron chi connectivity index (χ3n) is 2.62. The van der Waals surface area contributed by atoms with Gasteiger partial charge in [0.25, 0.3) is 5.91 Å². The Balaban J connectivity index is 1.86. The Morgan fingerprint density at radius 2 is 1.81 bits per heavy atom. The summed E-state index contributed by atoms with van der Waals surface area (Å²) in [6.07, 6.45) is 0. The molecule has 0 bridgehead atoms. The molecule has 0 aromatic heterocycles. The number of hydrogen-bond acceptors (Lipinski definition) is 2. The molecule has 2 amide bonds. The molecule has 21 heavy (non-hydrogen) atoms. The molecule has 2 rings (SSSR count). The topological polar surface area (TPSA) is 58.2 Å². The Hall–Kier alpha value is -1.60. The molecule has 0 aliphatic rings. The van der Waals surface area contributed by atoms with E-state index in [0.29, 0.717) is 16.3 Å². The zero-order chi connectivity index (χ0) is 15.2. The average molecular weight is 415 g/mol. The molecule has 6 heteroatoms. The van der Waals surface area contributed by atoms with Gasteiger partial charge < -0.3 is 10.6 Å². The van der Waals surface area contributed by atoms with Crippen LogP contribution in [-0.4, -0.2) is 18.4 Å². The molecular weight excluding hydrogens is 403 g/mol. The number of carbonyl (C=O) groups is 2. The van der Waals surface area contributed by atoms with E-state index in [1.165, 1.54) is 0 Å². The summed E-state index contributed by atoms with van der Waals surface area (Å²) in [6.45, 7) is -0.0999. The minimum Gasteiger partial charge on any atom is -0.343 e. The van der Waals surface area contributed by atoms with Crippen molar-refractivity contribution in [3.8, 4) is 0 Å². The van der Waals surface area contributed by atoms with E-state index in [-0.39, 0.29) is 18.4 Å². The Morgan fingerprint density at radius 1 is 1.10 bits per heavy atom. The van der Waals surface area contributed by atoms with Crippen molar-refractivity contribution in [1.82, 2.24) is 5.32 Å². The van der Waals surface area contributed by atoms with Crippen molar-refractivity contribution in [2.24, 2.45) is 0 Å². The van der Waals surface area contributed by atoms with E-state index < -0.39 is 0 Å². The summed E-state index contributed by atoms with van der Waals surface area (Å²) in [6, 6.07) is 13.9. The monoisotopic (exact) mass is 414 g/mol. The number of hydrogen-bond donors (Lipinski definition) is 2. The normalized spacial score (nSPS) is 10.0. The van der Waals surface area contributed by atoms with Crippen LogP contribution in [-0.2, 0) is 4.79 Å². The van der Waals surface area contributed by atoms with Crippen molar-refractivity contribution in [1.29, 1.82) is 0 Å². The first-order chi connectivity index (χ1) is 10.0. The summed E-state index contributed by atoms with van der Waals surface area (Å²) >= 11 is 8.00. The van der Waals surface area contributed by atoms with Crippen LogP contribution < -0.4 is 10.6 Å². The van der Waals surface area contributed by atoms with E-state index >= 15 is 0 Å². The van der Waals surface area contributed by atoms with E-state index in [1.807, 2.05) is 12.1 Å². The van der Waals surface area contributed by atoms with Gasteiger partial charge in [-0.05, 0) is 65.1 Å². The SMILES string of the molecule is O=C(CNC(=O)c1cccc(Cl)c1)Nc1ccc(I)cc1. The summed E-state index contributed by atoms with van der Waals surface area (Å²) < 4.78 is 1.08. The van der Waals surface area contributed by atoms with Gasteiger partial charge in [0.2, 0.25) is 5.91 Å². The highest BCUT2D eigenvalue weighted by molar-refractivity contribution is 14.1. The number of carbonyl (C=O) groups excluding carboxylic acids is 2. The van der Waals surface area contributed by atoms with Gasteiger partial charge in [-0.15, -0.1) is 0 Å². The zero-order valence-corrected chi connectivity index (χ0v) is 13.8. The summed E-state index contributed by atoms with van der Waals surface area (Å²) in [5, 5.41) is 5.73. The largest absolute Gasteiger partial charge is 0.343 e. The van der Waals surface area contributed by atoms with Gasteiger partial charge in [-0.3, -0.25) is 9.59 Å². The predicted molar refractivity (Wildman–Crippen MR) is 91.6 cm³/mol. The first kappa shape index (κ1) is 15.8. The van der Waals surface area contributed by atoms with Crippen LogP contribution in [0.5, 0.6) is 0 Å². The van der Waals surface area contributed by atoms with E-state index in [1.54, 1.807) is 36.4 Å². The molecule has 0 heterocycles. The predicted octanol–water partition coefficient (Wildman–Crippen LogP) is 3.31. The van der Waals surface area contributed by atoms with Crippen molar-refractivity contribution in [2.45, 2.75) is 0 Å². The fourth-order valence-corrected chi connectivity index (χ4v) is 2.18. The van der Waals surface area contributed by atoms with Crippen LogP contribution in [0.4, 0.5) is 5.69 Å². The van der Waals surface area contributed by atoms with Gasteiger partial charge in [-0.1, -0.05) is 17.7 Å². The lowest BCUT2D eigenvalue weighted by Gasteiger charge is -2.07. The molecule has 0 aliphatic carbocycles. The van der Waals surface area contributed by atoms with E-state index in [9.17, 15) is 9.59 Å². The van der Waals surface area contributed by atoms with Crippen molar-refractivity contribution >= 4 is 51.7 Å². The first-order valence-corrected chi connectivity index (χ1v) is 7.59. The van der Waals surface area contributed by atoms with Crippen LogP contribution in [0.1, 0.15) is 10.4 Å². The van der Waals surface area contributed by atoms with Gasteiger partial charge in [0.15, 0.2) is 0 Å². The van der Waals surface area contributed by atoms with Crippen molar-refractivity contribution in [3.63, 3.8) is 0 Å². The second kappa shape index (κ2) is 7.42. The van der Waals surface area contributed by atoms with Crippen molar-refractivity contribution in [3.05, 3.63) is 62.7 Å². The van der Waals surface area contributed by atoms with Gasteiger partial charge in [0, 0.05) is 19.8 Å². The second-order valence-electron chi connectivity index (χ2n) is 4.25. The fourth-order valence-electron chi connectivity index (χ4n) is 1.63. The zero-order valence-electron chi connectivity index (χ0n) is 10.9. The lowest BCUT2D eigenvalue weighted by Crippen LogP contribution is -2.32. The molecule has 0 spiro atoms. The van der Waals surface area contributed by atoms with E-state index in [0.717, 1.165) is 3.57 Å². The number of nitrogens with one attached hydrogen (secondary N) is 2. The third kappa shape index (κ3) is 5.02. The second-order valence-corrected chi connectivity index (χ2v) is 5.93. The maximum Gasteiger partial charge on any atom is 0.251 e. The number of rotatable bonds is 4. The van der Waals surface area contributed by atoms with Crippen molar-refractivity contribution < 1.29 is 9.59 Å². The maximum absolute atomic E-state index is 11.8. The molecule has 0 atom stereocenters. The molecule has 2 N–H and O–H groups in total. The lowest BCUT2D eigenvalue weighted by molar-refractivity contribution is -0.115. The number of anilines is 1. The standard InChI is InChI=1S/C15H12ClIN2O2/c16-11-3-1-2-10(8-11)15(21)18-9-14(20)19-13-6-4-12(17)5-7-13/h1-8H,9H2,(H,18,21)(H,19,20).